The first-order chi connectivity index (χ1) is 8.72. The number of benzene rings is 1. The Kier molecular flexibility index (Phi) is 4.89. The number of hydrazine groups is 1. The van der Waals surface area contributed by atoms with Crippen molar-refractivity contribution in [2.45, 2.75) is 25.3 Å². The lowest BCUT2D eigenvalue weighted by Gasteiger charge is -2.23. The maximum absolute atomic E-state index is 6.17. The molecule has 0 fully saturated rings. The van der Waals surface area contributed by atoms with Crippen LogP contribution in [-0.2, 0) is 11.2 Å². The standard InChI is InChI=1S/C13H16Cl2N2O/c14-11-4-1-5-12(15)10(11)7-13(17-16)9-3-2-6-18-8-9/h1,4-5,8,13,17H,2-3,6-7,16H2. The number of hydrogen-bond acceptors (Lipinski definition) is 3. The van der Waals surface area contributed by atoms with E-state index in [4.69, 9.17) is 33.8 Å². The molecule has 0 aromatic heterocycles. The van der Waals surface area contributed by atoms with Crippen LogP contribution >= 0.6 is 23.2 Å². The van der Waals surface area contributed by atoms with Crippen LogP contribution in [0.2, 0.25) is 10.0 Å². The van der Waals surface area contributed by atoms with Crippen LogP contribution in [0.15, 0.2) is 30.0 Å². The van der Waals surface area contributed by atoms with E-state index in [1.54, 1.807) is 6.26 Å². The minimum Gasteiger partial charge on any atom is -0.501 e. The molecule has 2 rings (SSSR count). The molecule has 1 heterocycles. The molecule has 0 bridgehead atoms. The fraction of sp³-hybridized carbons (Fsp3) is 0.385. The second-order valence-corrected chi connectivity index (χ2v) is 5.11. The van der Waals surface area contributed by atoms with Gasteiger partial charge in [-0.1, -0.05) is 29.3 Å². The normalized spacial score (nSPS) is 16.9. The molecule has 3 nitrogen and oxygen atoms in total. The number of rotatable bonds is 4. The van der Waals surface area contributed by atoms with Crippen molar-refractivity contribution in [1.82, 2.24) is 5.43 Å². The summed E-state index contributed by atoms with van der Waals surface area (Å²) in [6, 6.07) is 5.51. The van der Waals surface area contributed by atoms with Gasteiger partial charge in [0.2, 0.25) is 0 Å². The Labute approximate surface area is 117 Å². The van der Waals surface area contributed by atoms with Crippen LogP contribution in [0.5, 0.6) is 0 Å². The van der Waals surface area contributed by atoms with E-state index in [1.165, 1.54) is 0 Å². The Morgan fingerprint density at radius 1 is 1.33 bits per heavy atom. The van der Waals surface area contributed by atoms with Crippen LogP contribution in [-0.4, -0.2) is 12.6 Å². The highest BCUT2D eigenvalue weighted by Crippen LogP contribution is 2.28. The van der Waals surface area contributed by atoms with Crippen LogP contribution in [0, 0.1) is 0 Å². The predicted molar refractivity (Wildman–Crippen MR) is 74.5 cm³/mol. The fourth-order valence-corrected chi connectivity index (χ4v) is 2.62. The van der Waals surface area contributed by atoms with Crippen molar-refractivity contribution in [3.05, 3.63) is 45.6 Å². The van der Waals surface area contributed by atoms with Gasteiger partial charge in [-0.15, -0.1) is 0 Å². The number of nitrogens with one attached hydrogen (secondary N) is 1. The van der Waals surface area contributed by atoms with E-state index in [9.17, 15) is 0 Å². The molecular formula is C13H16Cl2N2O. The van der Waals surface area contributed by atoms with E-state index >= 15 is 0 Å². The summed E-state index contributed by atoms with van der Waals surface area (Å²) in [6.07, 6.45) is 4.44. The van der Waals surface area contributed by atoms with E-state index in [1.807, 2.05) is 18.2 Å². The van der Waals surface area contributed by atoms with Crippen molar-refractivity contribution in [3.63, 3.8) is 0 Å². The molecule has 5 heteroatoms. The van der Waals surface area contributed by atoms with Crippen LogP contribution in [0.1, 0.15) is 18.4 Å². The first-order valence-electron chi connectivity index (χ1n) is 5.92. The molecule has 0 saturated carbocycles. The fourth-order valence-electron chi connectivity index (χ4n) is 2.07. The van der Waals surface area contributed by atoms with Crippen LogP contribution in [0.3, 0.4) is 0 Å². The van der Waals surface area contributed by atoms with Gasteiger partial charge in [-0.3, -0.25) is 11.3 Å². The van der Waals surface area contributed by atoms with Gasteiger partial charge >= 0.3 is 0 Å². The minimum absolute atomic E-state index is 0.00250. The molecule has 1 aromatic carbocycles. The first kappa shape index (κ1) is 13.7. The molecule has 1 aromatic rings. The van der Waals surface area contributed by atoms with E-state index < -0.39 is 0 Å². The molecule has 18 heavy (non-hydrogen) atoms. The van der Waals surface area contributed by atoms with E-state index in [2.05, 4.69) is 5.43 Å². The molecular weight excluding hydrogens is 271 g/mol. The smallest absolute Gasteiger partial charge is 0.0876 e. The second kappa shape index (κ2) is 6.43. The molecule has 0 saturated heterocycles. The van der Waals surface area contributed by atoms with E-state index in [0.29, 0.717) is 16.5 Å². The lowest BCUT2D eigenvalue weighted by Crippen LogP contribution is -2.39. The van der Waals surface area contributed by atoms with Crippen molar-refractivity contribution in [1.29, 1.82) is 0 Å². The summed E-state index contributed by atoms with van der Waals surface area (Å²) >= 11 is 12.3. The van der Waals surface area contributed by atoms with Gasteiger partial charge in [0.25, 0.3) is 0 Å². The third-order valence-electron chi connectivity index (χ3n) is 3.08. The third-order valence-corrected chi connectivity index (χ3v) is 3.79. The van der Waals surface area contributed by atoms with Gasteiger partial charge in [0.1, 0.15) is 0 Å². The van der Waals surface area contributed by atoms with Gasteiger partial charge in [0.15, 0.2) is 0 Å². The molecule has 3 N–H and O–H groups in total. The van der Waals surface area contributed by atoms with Crippen LogP contribution < -0.4 is 11.3 Å². The highest BCUT2D eigenvalue weighted by molar-refractivity contribution is 6.36. The second-order valence-electron chi connectivity index (χ2n) is 4.29. The van der Waals surface area contributed by atoms with E-state index in [0.717, 1.165) is 30.6 Å². The monoisotopic (exact) mass is 286 g/mol. The van der Waals surface area contributed by atoms with Crippen LogP contribution in [0.25, 0.3) is 0 Å². The maximum Gasteiger partial charge on any atom is 0.0876 e. The van der Waals surface area contributed by atoms with Gasteiger partial charge in [-0.2, -0.15) is 0 Å². The Balaban J connectivity index is 2.17. The van der Waals surface area contributed by atoms with Gasteiger partial charge in [-0.25, -0.2) is 0 Å². The zero-order valence-electron chi connectivity index (χ0n) is 9.96. The summed E-state index contributed by atoms with van der Waals surface area (Å²) in [5.74, 6) is 5.62. The van der Waals surface area contributed by atoms with Crippen molar-refractivity contribution >= 4 is 23.2 Å². The summed E-state index contributed by atoms with van der Waals surface area (Å²) < 4.78 is 5.34. The van der Waals surface area contributed by atoms with E-state index in [-0.39, 0.29) is 6.04 Å². The van der Waals surface area contributed by atoms with Gasteiger partial charge in [-0.05, 0) is 42.5 Å². The predicted octanol–water partition coefficient (Wildman–Crippen LogP) is 3.06. The zero-order valence-corrected chi connectivity index (χ0v) is 11.5. The zero-order chi connectivity index (χ0) is 13.0. The average molecular weight is 287 g/mol. The van der Waals surface area contributed by atoms with Gasteiger partial charge in [0.05, 0.1) is 12.9 Å². The number of hydrogen-bond donors (Lipinski definition) is 2. The summed E-state index contributed by atoms with van der Waals surface area (Å²) in [7, 11) is 0. The summed E-state index contributed by atoms with van der Waals surface area (Å²) in [4.78, 5) is 0. The average Bonchev–Trinajstić information content (AvgIpc) is 2.40. The highest BCUT2D eigenvalue weighted by atomic mass is 35.5. The highest BCUT2D eigenvalue weighted by Gasteiger charge is 2.19. The van der Waals surface area contributed by atoms with Crippen molar-refractivity contribution in [2.24, 2.45) is 5.84 Å². The quantitative estimate of drug-likeness (QED) is 0.661. The third kappa shape index (κ3) is 3.18. The molecule has 0 aliphatic carbocycles. The Bertz CT molecular complexity index is 428. The van der Waals surface area contributed by atoms with Crippen LogP contribution in [0.4, 0.5) is 0 Å². The Morgan fingerprint density at radius 2 is 2.06 bits per heavy atom. The SMILES string of the molecule is NNC(Cc1c(Cl)cccc1Cl)C1=COCCC1. The molecule has 1 unspecified atom stereocenters. The van der Waals surface area contributed by atoms with Crippen molar-refractivity contribution < 1.29 is 4.74 Å². The maximum atomic E-state index is 6.17. The molecule has 98 valence electrons. The van der Waals surface area contributed by atoms with Gasteiger partial charge in [0, 0.05) is 16.1 Å². The number of halogens is 2. The lowest BCUT2D eigenvalue weighted by atomic mass is 9.96. The largest absolute Gasteiger partial charge is 0.501 e. The Hall–Kier alpha value is -0.740. The molecule has 0 radical (unpaired) electrons. The summed E-state index contributed by atoms with van der Waals surface area (Å²) in [6.45, 7) is 0.771. The van der Waals surface area contributed by atoms with Crippen molar-refractivity contribution in [3.8, 4) is 0 Å². The number of nitrogens with two attached hydrogens (primary N) is 1. The number of ether oxygens (including phenoxy) is 1. The molecule has 0 amide bonds. The molecule has 1 aliphatic rings. The molecule has 1 atom stereocenters. The van der Waals surface area contributed by atoms with Crippen molar-refractivity contribution in [2.75, 3.05) is 6.61 Å². The Morgan fingerprint density at radius 3 is 2.61 bits per heavy atom. The molecule has 0 spiro atoms. The summed E-state index contributed by atoms with van der Waals surface area (Å²) in [5.41, 5.74) is 4.87. The topological polar surface area (TPSA) is 47.3 Å². The summed E-state index contributed by atoms with van der Waals surface area (Å²) in [5, 5.41) is 1.33. The first-order valence-corrected chi connectivity index (χ1v) is 6.67. The molecule has 1 aliphatic heterocycles. The lowest BCUT2D eigenvalue weighted by molar-refractivity contribution is 0.219. The minimum atomic E-state index is 0.00250. The van der Waals surface area contributed by atoms with Gasteiger partial charge < -0.3 is 4.74 Å².